The van der Waals surface area contributed by atoms with Crippen molar-refractivity contribution < 1.29 is 9.90 Å². The lowest BCUT2D eigenvalue weighted by Crippen LogP contribution is -2.47. The van der Waals surface area contributed by atoms with E-state index in [1.807, 2.05) is 18.6 Å². The molecule has 0 spiro atoms. The largest absolute Gasteiger partial charge is 0.393 e. The van der Waals surface area contributed by atoms with Gasteiger partial charge in [0.05, 0.1) is 30.4 Å². The number of ketones is 1. The molecule has 0 saturated heterocycles. The fraction of sp³-hybridized carbons (Fsp3) is 0.545. The van der Waals surface area contributed by atoms with E-state index < -0.39 is 0 Å². The van der Waals surface area contributed by atoms with Gasteiger partial charge in [-0.15, -0.1) is 0 Å². The van der Waals surface area contributed by atoms with Crippen LogP contribution >= 0.6 is 0 Å². The minimum atomic E-state index is -0.321. The lowest BCUT2D eigenvalue weighted by atomic mass is 9.56. The topological polar surface area (TPSA) is 55.1 Å². The van der Waals surface area contributed by atoms with Crippen LogP contribution in [0.15, 0.2) is 36.8 Å². The van der Waals surface area contributed by atoms with Crippen LogP contribution in [0, 0.1) is 17.3 Å². The highest BCUT2D eigenvalue weighted by molar-refractivity contribution is 5.87. The first-order valence-electron chi connectivity index (χ1n) is 9.88. The van der Waals surface area contributed by atoms with E-state index in [1.165, 1.54) is 11.1 Å². The summed E-state index contributed by atoms with van der Waals surface area (Å²) < 4.78 is 2.15. The molecule has 3 aliphatic rings. The Morgan fingerprint density at radius 1 is 1.27 bits per heavy atom. The number of carbonyl (C=O) groups is 1. The number of hydrogen-bond donors (Lipinski definition) is 1. The zero-order valence-electron chi connectivity index (χ0n) is 15.3. The van der Waals surface area contributed by atoms with Gasteiger partial charge >= 0.3 is 0 Å². The van der Waals surface area contributed by atoms with Gasteiger partial charge in [-0.3, -0.25) is 4.79 Å². The van der Waals surface area contributed by atoms with E-state index >= 15 is 0 Å². The Labute approximate surface area is 154 Å². The third-order valence-electron chi connectivity index (χ3n) is 6.95. The first kappa shape index (κ1) is 16.2. The molecule has 2 fully saturated rings. The molecular weight excluding hydrogens is 324 g/mol. The predicted molar refractivity (Wildman–Crippen MR) is 99.6 cm³/mol. The average Bonchev–Trinajstić information content (AvgIpc) is 3.16. The maximum Gasteiger partial charge on any atom is 0.141 e. The molecule has 136 valence electrons. The number of imidazole rings is 1. The van der Waals surface area contributed by atoms with E-state index in [-0.39, 0.29) is 17.6 Å². The molecule has 4 nitrogen and oxygen atoms in total. The normalized spacial score (nSPS) is 35.0. The monoisotopic (exact) mass is 350 g/mol. The quantitative estimate of drug-likeness (QED) is 0.911. The second kappa shape index (κ2) is 5.78. The van der Waals surface area contributed by atoms with Gasteiger partial charge in [-0.2, -0.15) is 0 Å². The van der Waals surface area contributed by atoms with E-state index in [4.69, 9.17) is 0 Å². The van der Waals surface area contributed by atoms with E-state index in [0.29, 0.717) is 30.5 Å². The highest BCUT2D eigenvalue weighted by Gasteiger charge is 2.50. The Morgan fingerprint density at radius 2 is 2.12 bits per heavy atom. The van der Waals surface area contributed by atoms with Crippen molar-refractivity contribution in [3.8, 4) is 11.3 Å². The van der Waals surface area contributed by atoms with Crippen LogP contribution in [0.1, 0.15) is 57.1 Å². The molecule has 0 radical (unpaired) electrons. The van der Waals surface area contributed by atoms with Crippen LogP contribution in [-0.4, -0.2) is 26.5 Å². The van der Waals surface area contributed by atoms with Crippen molar-refractivity contribution >= 4 is 5.78 Å². The Kier molecular flexibility index (Phi) is 3.61. The summed E-state index contributed by atoms with van der Waals surface area (Å²) in [4.78, 5) is 17.9. The predicted octanol–water partition coefficient (Wildman–Crippen LogP) is 3.99. The summed E-state index contributed by atoms with van der Waals surface area (Å²) in [7, 11) is 0. The number of aliphatic hydroxyl groups excluding tert-OH is 1. The second-order valence-corrected chi connectivity index (χ2v) is 8.91. The summed E-state index contributed by atoms with van der Waals surface area (Å²) in [6.07, 6.45) is 8.52. The van der Waals surface area contributed by atoms with E-state index in [1.54, 1.807) is 0 Å². The highest BCUT2D eigenvalue weighted by Crippen LogP contribution is 2.53. The first-order chi connectivity index (χ1) is 12.6. The van der Waals surface area contributed by atoms with Crippen molar-refractivity contribution in [1.29, 1.82) is 0 Å². The van der Waals surface area contributed by atoms with Gasteiger partial charge in [-0.1, -0.05) is 31.2 Å². The minimum absolute atomic E-state index is 0.0420. The number of rotatable bonds is 3. The second-order valence-electron chi connectivity index (χ2n) is 8.91. The van der Waals surface area contributed by atoms with Crippen molar-refractivity contribution in [2.24, 2.45) is 17.3 Å². The summed E-state index contributed by atoms with van der Waals surface area (Å²) in [6, 6.07) is 8.40. The highest BCUT2D eigenvalue weighted by atomic mass is 16.3. The van der Waals surface area contributed by atoms with Crippen molar-refractivity contribution in [3.63, 3.8) is 0 Å². The number of nitrogens with zero attached hydrogens (tertiary/aromatic N) is 2. The fourth-order valence-corrected chi connectivity index (χ4v) is 6.18. The van der Waals surface area contributed by atoms with E-state index in [9.17, 15) is 9.90 Å². The Balaban J connectivity index is 1.47. The van der Waals surface area contributed by atoms with Crippen LogP contribution in [0.2, 0.25) is 0 Å². The molecule has 2 heterocycles. The van der Waals surface area contributed by atoms with Crippen LogP contribution < -0.4 is 0 Å². The van der Waals surface area contributed by atoms with Crippen molar-refractivity contribution in [2.75, 3.05) is 0 Å². The molecule has 1 aromatic heterocycles. The van der Waals surface area contributed by atoms with Crippen LogP contribution in [-0.2, 0) is 4.79 Å². The molecule has 1 aliphatic heterocycles. The van der Waals surface area contributed by atoms with E-state index in [0.717, 1.165) is 31.4 Å². The van der Waals surface area contributed by atoms with Crippen LogP contribution in [0.5, 0.6) is 0 Å². The summed E-state index contributed by atoms with van der Waals surface area (Å²) in [6.45, 7) is 2.27. The molecule has 2 bridgehead atoms. The molecule has 4 unspecified atom stereocenters. The minimum Gasteiger partial charge on any atom is -0.393 e. The third-order valence-corrected chi connectivity index (χ3v) is 6.95. The summed E-state index contributed by atoms with van der Waals surface area (Å²) in [5.41, 5.74) is 3.21. The molecule has 2 aliphatic carbocycles. The zero-order valence-corrected chi connectivity index (χ0v) is 15.3. The molecule has 0 amide bonds. The van der Waals surface area contributed by atoms with Crippen molar-refractivity contribution in [2.45, 2.75) is 57.6 Å². The smallest absolute Gasteiger partial charge is 0.141 e. The van der Waals surface area contributed by atoms with Gasteiger partial charge in [0.2, 0.25) is 0 Å². The number of fused-ring (bicyclic) bond motifs is 5. The van der Waals surface area contributed by atoms with Crippen LogP contribution in [0.25, 0.3) is 11.3 Å². The Hall–Kier alpha value is -1.94. The SMILES string of the molecule is CC1CC2C[C@@H](O)CC(C(=O)CC3c4ccccc4-c4cncn43)(C1)C2. The summed E-state index contributed by atoms with van der Waals surface area (Å²) >= 11 is 0. The zero-order chi connectivity index (χ0) is 17.9. The van der Waals surface area contributed by atoms with Crippen molar-refractivity contribution in [1.82, 2.24) is 9.55 Å². The molecule has 4 heteroatoms. The molecule has 5 atom stereocenters. The number of aliphatic hydroxyl groups is 1. The van der Waals surface area contributed by atoms with Gasteiger partial charge in [-0.25, -0.2) is 4.98 Å². The number of aromatic nitrogens is 2. The number of hydrogen-bond acceptors (Lipinski definition) is 3. The molecule has 2 aromatic rings. The molecule has 5 rings (SSSR count). The maximum atomic E-state index is 13.6. The van der Waals surface area contributed by atoms with Gasteiger partial charge in [0.1, 0.15) is 5.78 Å². The third kappa shape index (κ3) is 2.38. The summed E-state index contributed by atoms with van der Waals surface area (Å²) in [5, 5.41) is 10.4. The van der Waals surface area contributed by atoms with E-state index in [2.05, 4.69) is 34.7 Å². The Morgan fingerprint density at radius 3 is 3.00 bits per heavy atom. The molecule has 1 aromatic carbocycles. The van der Waals surface area contributed by atoms with Gasteiger partial charge in [-0.05, 0) is 49.5 Å². The van der Waals surface area contributed by atoms with Gasteiger partial charge in [0, 0.05) is 17.4 Å². The maximum absolute atomic E-state index is 13.6. The van der Waals surface area contributed by atoms with Gasteiger partial charge in [0.15, 0.2) is 0 Å². The summed E-state index contributed by atoms with van der Waals surface area (Å²) in [5.74, 6) is 1.42. The fourth-order valence-electron chi connectivity index (χ4n) is 6.18. The lowest BCUT2D eigenvalue weighted by molar-refractivity contribution is -0.140. The first-order valence-corrected chi connectivity index (χ1v) is 9.88. The van der Waals surface area contributed by atoms with Crippen LogP contribution in [0.3, 0.4) is 0 Å². The number of benzene rings is 1. The lowest BCUT2D eigenvalue weighted by Gasteiger charge is -2.48. The van der Waals surface area contributed by atoms with Crippen molar-refractivity contribution in [3.05, 3.63) is 42.4 Å². The number of carbonyl (C=O) groups excluding carboxylic acids is 1. The molecule has 26 heavy (non-hydrogen) atoms. The Bertz CT molecular complexity index is 836. The average molecular weight is 350 g/mol. The number of Topliss-reactive ketones (excluding diaryl/α,β-unsaturated/α-hetero) is 1. The van der Waals surface area contributed by atoms with Gasteiger partial charge in [0.25, 0.3) is 0 Å². The molecular formula is C22H26N2O2. The molecule has 1 N–H and O–H groups in total. The molecule has 2 saturated carbocycles. The van der Waals surface area contributed by atoms with Gasteiger partial charge < -0.3 is 9.67 Å². The van der Waals surface area contributed by atoms with Crippen LogP contribution in [0.4, 0.5) is 0 Å². The standard InChI is InChI=1S/C22H26N2O2/c1-14-6-15-7-16(25)11-22(9-14,10-15)21(26)8-19-17-4-2-3-5-18(17)20-12-23-13-24(19)20/h2-5,12-16,19,25H,6-11H2,1H3/t14?,15?,16-,19?,22?/m1/s1.